The van der Waals surface area contributed by atoms with E-state index in [1.807, 2.05) is 18.2 Å². The summed E-state index contributed by atoms with van der Waals surface area (Å²) in [5, 5.41) is 0. The van der Waals surface area contributed by atoms with Crippen LogP contribution in [0.5, 0.6) is 0 Å². The lowest BCUT2D eigenvalue weighted by atomic mass is 10.1. The van der Waals surface area contributed by atoms with E-state index in [1.54, 1.807) is 0 Å². The molecular formula is C16H22F2N2O2. The van der Waals surface area contributed by atoms with Gasteiger partial charge in [0.1, 0.15) is 0 Å². The molecule has 22 heavy (non-hydrogen) atoms. The molecule has 0 radical (unpaired) electrons. The third-order valence-corrected chi connectivity index (χ3v) is 3.71. The van der Waals surface area contributed by atoms with Gasteiger partial charge in [0.05, 0.1) is 25.7 Å². The summed E-state index contributed by atoms with van der Waals surface area (Å²) in [6, 6.07) is 10.1. The van der Waals surface area contributed by atoms with E-state index in [0.717, 1.165) is 18.0 Å². The molecule has 0 aliphatic carbocycles. The zero-order chi connectivity index (χ0) is 15.9. The summed E-state index contributed by atoms with van der Waals surface area (Å²) in [7, 11) is 1.40. The zero-order valence-electron chi connectivity index (χ0n) is 12.8. The first kappa shape index (κ1) is 16.8. The van der Waals surface area contributed by atoms with E-state index < -0.39 is 13.0 Å². The first-order valence-corrected chi connectivity index (χ1v) is 7.44. The Morgan fingerprint density at radius 1 is 1.41 bits per heavy atom. The summed E-state index contributed by atoms with van der Waals surface area (Å²) >= 11 is 0. The number of carbonyl (C=O) groups is 1. The molecule has 0 N–H and O–H groups in total. The van der Waals surface area contributed by atoms with Gasteiger partial charge in [-0.25, -0.2) is 8.78 Å². The molecule has 122 valence electrons. The van der Waals surface area contributed by atoms with Crippen LogP contribution in [-0.4, -0.2) is 61.5 Å². The normalized spacial score (nSPS) is 19.4. The molecule has 1 atom stereocenters. The van der Waals surface area contributed by atoms with Crippen molar-refractivity contribution in [1.82, 2.24) is 9.80 Å². The molecule has 4 nitrogen and oxygen atoms in total. The van der Waals surface area contributed by atoms with Crippen LogP contribution in [0.25, 0.3) is 0 Å². The summed E-state index contributed by atoms with van der Waals surface area (Å²) in [6.07, 6.45) is -2.59. The maximum Gasteiger partial charge on any atom is 0.255 e. The van der Waals surface area contributed by atoms with Crippen molar-refractivity contribution in [3.05, 3.63) is 35.9 Å². The molecule has 1 heterocycles. The Morgan fingerprint density at radius 3 is 2.82 bits per heavy atom. The number of alkyl halides is 2. The fourth-order valence-electron chi connectivity index (χ4n) is 2.55. The molecule has 0 spiro atoms. The third kappa shape index (κ3) is 5.35. The Morgan fingerprint density at radius 2 is 2.14 bits per heavy atom. The van der Waals surface area contributed by atoms with Crippen LogP contribution >= 0.6 is 0 Å². The second-order valence-corrected chi connectivity index (χ2v) is 5.58. The van der Waals surface area contributed by atoms with Crippen molar-refractivity contribution in [2.75, 3.05) is 33.3 Å². The standard InChI is InChI=1S/C16H22F2N2O2/c1-19(12-15(17)18)16(21)9-14-11-20(7-8-22-14)10-13-5-3-2-4-6-13/h2-6,14-15H,7-12H2,1H3/t14-/m1/s1. The van der Waals surface area contributed by atoms with Crippen molar-refractivity contribution < 1.29 is 18.3 Å². The molecule has 1 aromatic carbocycles. The van der Waals surface area contributed by atoms with Gasteiger partial charge in [0.25, 0.3) is 6.43 Å². The first-order valence-electron chi connectivity index (χ1n) is 7.44. The number of carbonyl (C=O) groups excluding carboxylic acids is 1. The number of morpholine rings is 1. The molecule has 1 fully saturated rings. The second-order valence-electron chi connectivity index (χ2n) is 5.58. The van der Waals surface area contributed by atoms with Crippen LogP contribution in [0.3, 0.4) is 0 Å². The van der Waals surface area contributed by atoms with Gasteiger partial charge in [-0.15, -0.1) is 0 Å². The molecular weight excluding hydrogens is 290 g/mol. The number of halogens is 2. The van der Waals surface area contributed by atoms with Gasteiger partial charge in [0.15, 0.2) is 0 Å². The first-order chi connectivity index (χ1) is 10.5. The third-order valence-electron chi connectivity index (χ3n) is 3.71. The highest BCUT2D eigenvalue weighted by Gasteiger charge is 2.25. The minimum Gasteiger partial charge on any atom is -0.375 e. The van der Waals surface area contributed by atoms with Gasteiger partial charge < -0.3 is 9.64 Å². The molecule has 6 heteroatoms. The fourth-order valence-corrected chi connectivity index (χ4v) is 2.55. The topological polar surface area (TPSA) is 32.8 Å². The quantitative estimate of drug-likeness (QED) is 0.805. The van der Waals surface area contributed by atoms with E-state index in [9.17, 15) is 13.6 Å². The van der Waals surface area contributed by atoms with Crippen LogP contribution in [0.15, 0.2) is 30.3 Å². The molecule has 1 aromatic rings. The SMILES string of the molecule is CN(CC(F)F)C(=O)C[C@@H]1CN(Cc2ccccc2)CCO1. The summed E-state index contributed by atoms with van der Waals surface area (Å²) in [5.41, 5.74) is 1.21. The molecule has 1 aliphatic heterocycles. The van der Waals surface area contributed by atoms with Crippen LogP contribution in [0, 0.1) is 0 Å². The van der Waals surface area contributed by atoms with Gasteiger partial charge >= 0.3 is 0 Å². The van der Waals surface area contributed by atoms with Gasteiger partial charge in [-0.05, 0) is 5.56 Å². The number of amides is 1. The maximum atomic E-state index is 12.3. The van der Waals surface area contributed by atoms with Gasteiger partial charge in [0, 0.05) is 26.7 Å². The van der Waals surface area contributed by atoms with Crippen LogP contribution in [-0.2, 0) is 16.1 Å². The molecule has 0 unspecified atom stereocenters. The predicted octanol–water partition coefficient (Wildman–Crippen LogP) is 2.00. The van der Waals surface area contributed by atoms with E-state index >= 15 is 0 Å². The van der Waals surface area contributed by atoms with Crippen molar-refractivity contribution >= 4 is 5.91 Å². The number of hydrogen-bond acceptors (Lipinski definition) is 3. The fraction of sp³-hybridized carbons (Fsp3) is 0.562. The number of benzene rings is 1. The Balaban J connectivity index is 1.81. The van der Waals surface area contributed by atoms with Crippen molar-refractivity contribution in [3.8, 4) is 0 Å². The molecule has 0 saturated carbocycles. The van der Waals surface area contributed by atoms with E-state index in [1.165, 1.54) is 12.6 Å². The summed E-state index contributed by atoms with van der Waals surface area (Å²) in [4.78, 5) is 15.2. The Hall–Kier alpha value is -1.53. The highest BCUT2D eigenvalue weighted by Crippen LogP contribution is 2.13. The molecule has 1 aliphatic rings. The summed E-state index contributed by atoms with van der Waals surface area (Å²) in [5.74, 6) is -0.299. The van der Waals surface area contributed by atoms with E-state index in [0.29, 0.717) is 13.2 Å². The van der Waals surface area contributed by atoms with Crippen molar-refractivity contribution in [3.63, 3.8) is 0 Å². The van der Waals surface area contributed by atoms with Crippen LogP contribution in [0.4, 0.5) is 8.78 Å². The smallest absolute Gasteiger partial charge is 0.255 e. The average Bonchev–Trinajstić information content (AvgIpc) is 2.48. The van der Waals surface area contributed by atoms with Gasteiger partial charge in [-0.1, -0.05) is 30.3 Å². The summed E-state index contributed by atoms with van der Waals surface area (Å²) in [6.45, 7) is 2.29. The van der Waals surface area contributed by atoms with E-state index in [2.05, 4.69) is 17.0 Å². The second kappa shape index (κ2) is 8.19. The number of ether oxygens (including phenoxy) is 1. The van der Waals surface area contributed by atoms with E-state index in [-0.39, 0.29) is 18.4 Å². The lowest BCUT2D eigenvalue weighted by Gasteiger charge is -2.33. The largest absolute Gasteiger partial charge is 0.375 e. The average molecular weight is 312 g/mol. The maximum absolute atomic E-state index is 12.3. The van der Waals surface area contributed by atoms with Crippen LogP contribution in [0.2, 0.25) is 0 Å². The van der Waals surface area contributed by atoms with Crippen molar-refractivity contribution in [2.24, 2.45) is 0 Å². The number of rotatable bonds is 6. The molecule has 2 rings (SSSR count). The summed E-state index contributed by atoms with van der Waals surface area (Å²) < 4.78 is 30.2. The number of hydrogen-bond donors (Lipinski definition) is 0. The van der Waals surface area contributed by atoms with Gasteiger partial charge in [0.2, 0.25) is 5.91 Å². The van der Waals surface area contributed by atoms with Gasteiger partial charge in [-0.3, -0.25) is 9.69 Å². The van der Waals surface area contributed by atoms with Crippen LogP contribution < -0.4 is 0 Å². The van der Waals surface area contributed by atoms with E-state index in [4.69, 9.17) is 4.74 Å². The highest BCUT2D eigenvalue weighted by atomic mass is 19.3. The van der Waals surface area contributed by atoms with Gasteiger partial charge in [-0.2, -0.15) is 0 Å². The minimum absolute atomic E-state index is 0.147. The lowest BCUT2D eigenvalue weighted by Crippen LogP contribution is -2.44. The molecule has 1 amide bonds. The lowest BCUT2D eigenvalue weighted by molar-refractivity contribution is -0.136. The predicted molar refractivity (Wildman–Crippen MR) is 79.7 cm³/mol. The monoisotopic (exact) mass is 312 g/mol. The molecule has 0 aromatic heterocycles. The Labute approximate surface area is 129 Å². The Kier molecular flexibility index (Phi) is 6.27. The highest BCUT2D eigenvalue weighted by molar-refractivity contribution is 5.76. The Bertz CT molecular complexity index is 470. The molecule has 1 saturated heterocycles. The van der Waals surface area contributed by atoms with Crippen molar-refractivity contribution in [2.45, 2.75) is 25.5 Å². The van der Waals surface area contributed by atoms with Crippen molar-refractivity contribution in [1.29, 1.82) is 0 Å². The zero-order valence-corrected chi connectivity index (χ0v) is 12.8. The van der Waals surface area contributed by atoms with Crippen LogP contribution in [0.1, 0.15) is 12.0 Å². The minimum atomic E-state index is -2.50. The molecule has 0 bridgehead atoms. The number of nitrogens with zero attached hydrogens (tertiary/aromatic N) is 2.